The molecule has 2 heteroatoms. The number of allylic oxidation sites excluding steroid dienone is 2. The quantitative estimate of drug-likeness (QED) is 0.739. The largest absolute Gasteiger partial charge is 0.256 e. The van der Waals surface area contributed by atoms with Crippen LogP contribution in [0.5, 0.6) is 0 Å². The molecule has 0 aliphatic heterocycles. The van der Waals surface area contributed by atoms with Gasteiger partial charge in [0.05, 0.1) is 11.3 Å². The molecular formula is C18H28N2. The summed E-state index contributed by atoms with van der Waals surface area (Å²) in [6.45, 7) is 14.3. The number of hydrogen-bond acceptors (Lipinski definition) is 2. The van der Waals surface area contributed by atoms with Gasteiger partial charge in [-0.15, -0.1) is 0 Å². The SMILES string of the molecule is CC.CCCC=C(C)c1c(C)nc(C)c(C#N)c1CC. The number of aromatic nitrogens is 1. The lowest BCUT2D eigenvalue weighted by Gasteiger charge is -2.15. The van der Waals surface area contributed by atoms with Crippen molar-refractivity contribution in [3.8, 4) is 6.07 Å². The monoisotopic (exact) mass is 272 g/mol. The van der Waals surface area contributed by atoms with Crippen molar-refractivity contribution in [2.75, 3.05) is 0 Å². The molecule has 1 aromatic heterocycles. The number of pyridine rings is 1. The number of nitrogens with zero attached hydrogens (tertiary/aromatic N) is 2. The summed E-state index contributed by atoms with van der Waals surface area (Å²) in [5.41, 5.74) is 6.20. The van der Waals surface area contributed by atoms with Crippen LogP contribution in [0, 0.1) is 25.2 Å². The maximum Gasteiger partial charge on any atom is 0.101 e. The molecule has 0 atom stereocenters. The number of rotatable bonds is 4. The highest BCUT2D eigenvalue weighted by molar-refractivity contribution is 5.71. The Morgan fingerprint density at radius 3 is 2.25 bits per heavy atom. The Balaban J connectivity index is 0.00000172. The molecular weight excluding hydrogens is 244 g/mol. The molecule has 110 valence electrons. The average Bonchev–Trinajstić information content (AvgIpc) is 2.46. The van der Waals surface area contributed by atoms with Gasteiger partial charge in [0, 0.05) is 11.3 Å². The minimum atomic E-state index is 0.752. The minimum Gasteiger partial charge on any atom is -0.256 e. The number of hydrogen-bond donors (Lipinski definition) is 0. The van der Waals surface area contributed by atoms with E-state index >= 15 is 0 Å². The van der Waals surface area contributed by atoms with E-state index in [1.165, 1.54) is 11.1 Å². The number of aryl methyl sites for hydroxylation is 2. The van der Waals surface area contributed by atoms with Crippen LogP contribution in [0.15, 0.2) is 6.08 Å². The third-order valence-electron chi connectivity index (χ3n) is 3.26. The van der Waals surface area contributed by atoms with E-state index in [1.54, 1.807) is 0 Å². The summed E-state index contributed by atoms with van der Waals surface area (Å²) in [5.74, 6) is 0. The van der Waals surface area contributed by atoms with Crippen LogP contribution in [0.3, 0.4) is 0 Å². The van der Waals surface area contributed by atoms with E-state index in [2.05, 4.69) is 37.9 Å². The van der Waals surface area contributed by atoms with Crippen molar-refractivity contribution in [2.24, 2.45) is 0 Å². The second-order valence-electron chi connectivity index (χ2n) is 4.65. The molecule has 1 rings (SSSR count). The van der Waals surface area contributed by atoms with Gasteiger partial charge < -0.3 is 0 Å². The third-order valence-corrected chi connectivity index (χ3v) is 3.26. The first kappa shape index (κ1) is 18.4. The Morgan fingerprint density at radius 2 is 1.80 bits per heavy atom. The zero-order valence-electron chi connectivity index (χ0n) is 14.1. The highest BCUT2D eigenvalue weighted by Gasteiger charge is 2.15. The molecule has 1 heterocycles. The maximum absolute atomic E-state index is 9.29. The van der Waals surface area contributed by atoms with Crippen LogP contribution in [-0.2, 0) is 6.42 Å². The highest BCUT2D eigenvalue weighted by atomic mass is 14.7. The minimum absolute atomic E-state index is 0.752. The third kappa shape index (κ3) is 4.20. The second-order valence-corrected chi connectivity index (χ2v) is 4.65. The van der Waals surface area contributed by atoms with E-state index in [9.17, 15) is 5.26 Å². The van der Waals surface area contributed by atoms with Crippen LogP contribution in [0.2, 0.25) is 0 Å². The molecule has 0 saturated heterocycles. The lowest BCUT2D eigenvalue weighted by Crippen LogP contribution is -2.04. The number of nitriles is 1. The predicted octanol–water partition coefficient (Wildman–Crippen LogP) is 5.36. The summed E-state index contributed by atoms with van der Waals surface area (Å²) in [4.78, 5) is 4.52. The second kappa shape index (κ2) is 9.31. The van der Waals surface area contributed by atoms with Gasteiger partial charge in [0.2, 0.25) is 0 Å². The molecule has 0 spiro atoms. The molecule has 2 nitrogen and oxygen atoms in total. The Labute approximate surface area is 124 Å². The van der Waals surface area contributed by atoms with E-state index in [0.29, 0.717) is 0 Å². The van der Waals surface area contributed by atoms with Crippen LogP contribution in [0.1, 0.15) is 75.5 Å². The predicted molar refractivity (Wildman–Crippen MR) is 87.7 cm³/mol. The van der Waals surface area contributed by atoms with Gasteiger partial charge in [-0.3, -0.25) is 4.98 Å². The zero-order valence-corrected chi connectivity index (χ0v) is 14.1. The molecule has 0 radical (unpaired) electrons. The van der Waals surface area contributed by atoms with Crippen molar-refractivity contribution < 1.29 is 0 Å². The summed E-state index contributed by atoms with van der Waals surface area (Å²) in [5, 5.41) is 9.29. The van der Waals surface area contributed by atoms with Gasteiger partial charge in [-0.2, -0.15) is 5.26 Å². The standard InChI is InChI=1S/C16H22N2.C2H6/c1-6-8-9-11(3)16-13(5)18-12(4)15(10-17)14(16)7-2;1-2/h9H,6-8H2,1-5H3;1-2H3. The van der Waals surface area contributed by atoms with E-state index in [4.69, 9.17) is 0 Å². The van der Waals surface area contributed by atoms with Gasteiger partial charge in [0.1, 0.15) is 6.07 Å². The number of unbranched alkanes of at least 4 members (excludes halogenated alkanes) is 1. The molecule has 0 amide bonds. The van der Waals surface area contributed by atoms with Gasteiger partial charge in [-0.1, -0.05) is 40.2 Å². The lowest BCUT2D eigenvalue weighted by molar-refractivity contribution is 0.956. The molecule has 0 N–H and O–H groups in total. The van der Waals surface area contributed by atoms with Crippen LogP contribution < -0.4 is 0 Å². The fourth-order valence-electron chi connectivity index (χ4n) is 2.41. The van der Waals surface area contributed by atoms with Crippen molar-refractivity contribution in [1.82, 2.24) is 4.98 Å². The topological polar surface area (TPSA) is 36.7 Å². The first-order valence-corrected chi connectivity index (χ1v) is 7.64. The first-order chi connectivity index (χ1) is 9.56. The Kier molecular flexibility index (Phi) is 8.56. The normalized spacial score (nSPS) is 10.6. The molecule has 0 aliphatic carbocycles. The molecule has 0 aromatic carbocycles. The molecule has 20 heavy (non-hydrogen) atoms. The fourth-order valence-corrected chi connectivity index (χ4v) is 2.41. The van der Waals surface area contributed by atoms with Crippen molar-refractivity contribution in [2.45, 2.75) is 67.7 Å². The molecule has 1 aromatic rings. The van der Waals surface area contributed by atoms with Gasteiger partial charge in [0.25, 0.3) is 0 Å². The highest BCUT2D eigenvalue weighted by Crippen LogP contribution is 2.27. The first-order valence-electron chi connectivity index (χ1n) is 7.64. The maximum atomic E-state index is 9.29. The molecule has 0 bridgehead atoms. The molecule has 0 aliphatic rings. The van der Waals surface area contributed by atoms with E-state index in [1.807, 2.05) is 27.7 Å². The summed E-state index contributed by atoms with van der Waals surface area (Å²) in [6.07, 6.45) is 5.34. The lowest BCUT2D eigenvalue weighted by atomic mass is 9.92. The fraction of sp³-hybridized carbons (Fsp3) is 0.556. The van der Waals surface area contributed by atoms with Crippen molar-refractivity contribution in [3.05, 3.63) is 34.2 Å². The smallest absolute Gasteiger partial charge is 0.101 e. The summed E-state index contributed by atoms with van der Waals surface area (Å²) in [6, 6.07) is 2.30. The van der Waals surface area contributed by atoms with Gasteiger partial charge in [-0.25, -0.2) is 0 Å². The van der Waals surface area contributed by atoms with Crippen molar-refractivity contribution in [3.63, 3.8) is 0 Å². The van der Waals surface area contributed by atoms with Crippen LogP contribution in [-0.4, -0.2) is 4.98 Å². The van der Waals surface area contributed by atoms with Crippen LogP contribution in [0.4, 0.5) is 0 Å². The molecule has 0 fully saturated rings. The van der Waals surface area contributed by atoms with Crippen LogP contribution in [0.25, 0.3) is 5.57 Å². The summed E-state index contributed by atoms with van der Waals surface area (Å²) >= 11 is 0. The Hall–Kier alpha value is -1.62. The van der Waals surface area contributed by atoms with E-state index in [0.717, 1.165) is 41.8 Å². The molecule has 0 saturated carbocycles. The van der Waals surface area contributed by atoms with Gasteiger partial charge in [0.15, 0.2) is 0 Å². The van der Waals surface area contributed by atoms with Crippen molar-refractivity contribution in [1.29, 1.82) is 5.26 Å². The Bertz CT molecular complexity index is 505. The molecule has 0 unspecified atom stereocenters. The van der Waals surface area contributed by atoms with Crippen molar-refractivity contribution >= 4 is 5.57 Å². The summed E-state index contributed by atoms with van der Waals surface area (Å²) in [7, 11) is 0. The van der Waals surface area contributed by atoms with Gasteiger partial charge in [-0.05, 0) is 44.7 Å². The van der Waals surface area contributed by atoms with Gasteiger partial charge >= 0.3 is 0 Å². The zero-order chi connectivity index (χ0) is 15.7. The average molecular weight is 272 g/mol. The van der Waals surface area contributed by atoms with E-state index < -0.39 is 0 Å². The summed E-state index contributed by atoms with van der Waals surface area (Å²) < 4.78 is 0. The van der Waals surface area contributed by atoms with Crippen LogP contribution >= 0.6 is 0 Å². The Morgan fingerprint density at radius 1 is 1.20 bits per heavy atom. The van der Waals surface area contributed by atoms with E-state index in [-0.39, 0.29) is 0 Å².